The third kappa shape index (κ3) is 8.46. The number of carbonyl (C=O) groups is 1. The molecule has 0 unspecified atom stereocenters. The van der Waals surface area contributed by atoms with E-state index in [1.165, 1.54) is 17.0 Å². The number of benzene rings is 2. The Balaban J connectivity index is 0.00000512. The molecule has 176 valence electrons. The van der Waals surface area contributed by atoms with E-state index in [2.05, 4.69) is 15.6 Å². The number of aliphatic imine (C=N–C) groups is 1. The molecule has 2 aromatic carbocycles. The zero-order valence-corrected chi connectivity index (χ0v) is 22.1. The van der Waals surface area contributed by atoms with Crippen molar-refractivity contribution < 1.29 is 13.9 Å². The van der Waals surface area contributed by atoms with Gasteiger partial charge in [0.1, 0.15) is 11.6 Å². The van der Waals surface area contributed by atoms with Crippen LogP contribution in [0.4, 0.5) is 4.39 Å². The summed E-state index contributed by atoms with van der Waals surface area (Å²) in [4.78, 5) is 17.4. The van der Waals surface area contributed by atoms with E-state index in [0.29, 0.717) is 29.8 Å². The normalized spacial score (nSPS) is 11.4. The van der Waals surface area contributed by atoms with Gasteiger partial charge >= 0.3 is 0 Å². The number of ether oxygens (including phenoxy) is 1. The lowest BCUT2D eigenvalue weighted by Gasteiger charge is -2.27. The molecule has 0 bridgehead atoms. The molecule has 0 fully saturated rings. The van der Waals surface area contributed by atoms with Crippen LogP contribution in [0.5, 0.6) is 5.75 Å². The summed E-state index contributed by atoms with van der Waals surface area (Å²) < 4.78 is 18.9. The smallest absolute Gasteiger partial charge is 0.259 e. The fourth-order valence-corrected chi connectivity index (χ4v) is 3.29. The number of carbonyl (C=O) groups excluding carboxylic acids is 1. The second-order valence-electron chi connectivity index (χ2n) is 8.01. The van der Waals surface area contributed by atoms with E-state index in [1.807, 2.05) is 38.1 Å². The maximum absolute atomic E-state index is 13.4. The highest BCUT2D eigenvalue weighted by Crippen LogP contribution is 2.29. The fourth-order valence-electron chi connectivity index (χ4n) is 2.86. The molecule has 0 atom stereocenters. The number of hydrogen-bond acceptors (Lipinski definition) is 3. The van der Waals surface area contributed by atoms with Crippen LogP contribution in [0.25, 0.3) is 0 Å². The maximum Gasteiger partial charge on any atom is 0.259 e. The Kier molecular flexibility index (Phi) is 11.2. The molecule has 0 aliphatic rings. The van der Waals surface area contributed by atoms with Crippen LogP contribution < -0.4 is 15.4 Å². The van der Waals surface area contributed by atoms with Crippen LogP contribution in [0.2, 0.25) is 5.02 Å². The van der Waals surface area contributed by atoms with Crippen molar-refractivity contribution in [1.29, 1.82) is 0 Å². The molecular formula is C23H31ClFIN4O2. The molecule has 0 spiro atoms. The molecule has 2 aromatic rings. The van der Waals surface area contributed by atoms with Gasteiger partial charge in [-0.15, -0.1) is 24.0 Å². The average molecular weight is 577 g/mol. The van der Waals surface area contributed by atoms with Gasteiger partial charge < -0.3 is 20.3 Å². The maximum atomic E-state index is 13.4. The average Bonchev–Trinajstić information content (AvgIpc) is 2.72. The first kappa shape index (κ1) is 28.0. The van der Waals surface area contributed by atoms with Crippen LogP contribution in [0.15, 0.2) is 47.5 Å². The number of guanidine groups is 1. The molecule has 0 saturated heterocycles. The number of rotatable bonds is 8. The quantitative estimate of drug-likeness (QED) is 0.281. The zero-order chi connectivity index (χ0) is 23.0. The Bertz CT molecular complexity index is 938. The van der Waals surface area contributed by atoms with Crippen molar-refractivity contribution in [3.8, 4) is 5.75 Å². The van der Waals surface area contributed by atoms with Crippen LogP contribution in [0, 0.1) is 5.82 Å². The van der Waals surface area contributed by atoms with Crippen molar-refractivity contribution in [2.45, 2.75) is 25.8 Å². The molecule has 0 aliphatic carbocycles. The minimum atomic E-state index is -0.354. The van der Waals surface area contributed by atoms with Crippen LogP contribution in [-0.4, -0.2) is 51.1 Å². The molecule has 0 aromatic heterocycles. The third-order valence-electron chi connectivity index (χ3n) is 4.80. The first-order chi connectivity index (χ1) is 14.6. The monoisotopic (exact) mass is 576 g/mol. The van der Waals surface area contributed by atoms with E-state index in [-0.39, 0.29) is 47.7 Å². The van der Waals surface area contributed by atoms with Gasteiger partial charge in [-0.1, -0.05) is 43.6 Å². The number of halogens is 3. The van der Waals surface area contributed by atoms with Crippen LogP contribution in [0.1, 0.15) is 25.0 Å². The summed E-state index contributed by atoms with van der Waals surface area (Å²) in [5.74, 6) is 0.800. The van der Waals surface area contributed by atoms with Gasteiger partial charge in [0.25, 0.3) is 5.91 Å². The molecular weight excluding hydrogens is 546 g/mol. The largest absolute Gasteiger partial charge is 0.484 e. The van der Waals surface area contributed by atoms with Crippen LogP contribution in [0.3, 0.4) is 0 Å². The van der Waals surface area contributed by atoms with Crippen molar-refractivity contribution in [1.82, 2.24) is 15.5 Å². The SMILES string of the molecule is CN=C(NCc1cccc(OCC(=O)N(C)C)c1)NCC(C)(C)c1ccc(F)cc1Cl.I. The standard InChI is InChI=1S/C23H30ClFN4O2.HI/c1-23(2,19-10-9-17(25)12-20(19)24)15-28-22(26-3)27-13-16-7-6-8-18(11-16)31-14-21(30)29(4)5;/h6-12H,13-15H2,1-5H3,(H2,26,27,28);1H. The third-order valence-corrected chi connectivity index (χ3v) is 5.11. The van der Waals surface area contributed by atoms with E-state index in [9.17, 15) is 9.18 Å². The molecule has 0 heterocycles. The second-order valence-corrected chi connectivity index (χ2v) is 8.42. The van der Waals surface area contributed by atoms with E-state index in [0.717, 1.165) is 11.1 Å². The summed E-state index contributed by atoms with van der Waals surface area (Å²) >= 11 is 6.23. The molecule has 6 nitrogen and oxygen atoms in total. The summed E-state index contributed by atoms with van der Waals surface area (Å²) in [7, 11) is 5.07. The lowest BCUT2D eigenvalue weighted by atomic mass is 9.84. The second kappa shape index (κ2) is 12.8. The van der Waals surface area contributed by atoms with Gasteiger partial charge in [0.15, 0.2) is 12.6 Å². The Labute approximate surface area is 211 Å². The molecule has 0 saturated carbocycles. The number of likely N-dealkylation sites (N-methyl/N-ethyl adjacent to an activating group) is 1. The van der Waals surface area contributed by atoms with Crippen LogP contribution in [-0.2, 0) is 16.8 Å². The fraction of sp³-hybridized carbons (Fsp3) is 0.391. The highest BCUT2D eigenvalue weighted by atomic mass is 127. The van der Waals surface area contributed by atoms with Crippen LogP contribution >= 0.6 is 35.6 Å². The molecule has 9 heteroatoms. The van der Waals surface area contributed by atoms with Crippen molar-refractivity contribution in [3.63, 3.8) is 0 Å². The van der Waals surface area contributed by atoms with E-state index in [4.69, 9.17) is 16.3 Å². The Morgan fingerprint density at radius 3 is 2.53 bits per heavy atom. The zero-order valence-electron chi connectivity index (χ0n) is 19.0. The Morgan fingerprint density at radius 1 is 1.19 bits per heavy atom. The van der Waals surface area contributed by atoms with Crippen molar-refractivity contribution in [2.75, 3.05) is 34.3 Å². The summed E-state index contributed by atoms with van der Waals surface area (Å²) in [5, 5.41) is 6.95. The highest BCUT2D eigenvalue weighted by molar-refractivity contribution is 14.0. The number of nitrogens with one attached hydrogen (secondary N) is 2. The first-order valence-corrected chi connectivity index (χ1v) is 10.3. The Hall–Kier alpha value is -2.07. The molecule has 2 rings (SSSR count). The van der Waals surface area contributed by atoms with E-state index < -0.39 is 0 Å². The van der Waals surface area contributed by atoms with Gasteiger partial charge in [-0.05, 0) is 35.4 Å². The van der Waals surface area contributed by atoms with E-state index in [1.54, 1.807) is 27.2 Å². The van der Waals surface area contributed by atoms with Gasteiger partial charge in [0.2, 0.25) is 0 Å². The first-order valence-electron chi connectivity index (χ1n) is 9.94. The topological polar surface area (TPSA) is 66.0 Å². The minimum Gasteiger partial charge on any atom is -0.484 e. The van der Waals surface area contributed by atoms with E-state index >= 15 is 0 Å². The van der Waals surface area contributed by atoms with Crippen molar-refractivity contribution >= 4 is 47.4 Å². The number of hydrogen-bond donors (Lipinski definition) is 2. The lowest BCUT2D eigenvalue weighted by Crippen LogP contribution is -2.43. The predicted octanol–water partition coefficient (Wildman–Crippen LogP) is 4.21. The molecule has 2 N–H and O–H groups in total. The molecule has 1 amide bonds. The molecule has 32 heavy (non-hydrogen) atoms. The minimum absolute atomic E-state index is 0. The summed E-state index contributed by atoms with van der Waals surface area (Å²) in [6, 6.07) is 12.0. The van der Waals surface area contributed by atoms with Gasteiger partial charge in [-0.2, -0.15) is 0 Å². The van der Waals surface area contributed by atoms with Gasteiger partial charge in [0.05, 0.1) is 0 Å². The van der Waals surface area contributed by atoms with Crippen molar-refractivity contribution in [2.24, 2.45) is 4.99 Å². The number of amides is 1. The Morgan fingerprint density at radius 2 is 1.91 bits per heavy atom. The van der Waals surface area contributed by atoms with Gasteiger partial charge in [0, 0.05) is 44.7 Å². The molecule has 0 aliphatic heterocycles. The van der Waals surface area contributed by atoms with Crippen molar-refractivity contribution in [3.05, 3.63) is 64.4 Å². The van der Waals surface area contributed by atoms with Gasteiger partial charge in [-0.3, -0.25) is 9.79 Å². The summed E-state index contributed by atoms with van der Waals surface area (Å²) in [6.45, 7) is 5.13. The predicted molar refractivity (Wildman–Crippen MR) is 139 cm³/mol. The molecule has 0 radical (unpaired) electrons. The number of nitrogens with zero attached hydrogens (tertiary/aromatic N) is 2. The summed E-state index contributed by atoms with van der Waals surface area (Å²) in [6.07, 6.45) is 0. The lowest BCUT2D eigenvalue weighted by molar-refractivity contribution is -0.130. The van der Waals surface area contributed by atoms with Gasteiger partial charge in [-0.25, -0.2) is 4.39 Å². The summed E-state index contributed by atoms with van der Waals surface area (Å²) in [5.41, 5.74) is 1.50. The highest BCUT2D eigenvalue weighted by Gasteiger charge is 2.24.